The number of rotatable bonds is 10. The second-order valence-corrected chi connectivity index (χ2v) is 9.32. The second kappa shape index (κ2) is 12.6. The van der Waals surface area contributed by atoms with Gasteiger partial charge in [0.15, 0.2) is 0 Å². The van der Waals surface area contributed by atoms with Gasteiger partial charge < -0.3 is 25.4 Å². The Kier molecular flexibility index (Phi) is 9.31. The smallest absolute Gasteiger partial charge is 0.305 e. The van der Waals surface area contributed by atoms with Crippen molar-refractivity contribution in [2.75, 3.05) is 22.9 Å². The Balaban J connectivity index is 1.98. The highest BCUT2D eigenvalue weighted by Gasteiger charge is 2.38. The van der Waals surface area contributed by atoms with Crippen LogP contribution in [0.5, 0.6) is 0 Å². The van der Waals surface area contributed by atoms with Crippen LogP contribution in [0.25, 0.3) is 0 Å². The Morgan fingerprint density at radius 3 is 2.24 bits per heavy atom. The molecule has 2 aromatic carbocycles. The van der Waals surface area contributed by atoms with Crippen LogP contribution in [0.15, 0.2) is 54.6 Å². The van der Waals surface area contributed by atoms with E-state index in [1.807, 2.05) is 13.8 Å². The molecule has 1 heterocycles. The number of carbonyl (C=O) groups excluding carboxylic acids is 5. The van der Waals surface area contributed by atoms with E-state index in [-0.39, 0.29) is 30.5 Å². The highest BCUT2D eigenvalue weighted by molar-refractivity contribution is 6.11. The van der Waals surface area contributed by atoms with Crippen LogP contribution >= 0.6 is 0 Å². The summed E-state index contributed by atoms with van der Waals surface area (Å²) in [5.41, 5.74) is 0.962. The van der Waals surface area contributed by atoms with Gasteiger partial charge in [-0.3, -0.25) is 28.9 Å². The van der Waals surface area contributed by atoms with Crippen LogP contribution < -0.4 is 20.4 Å². The van der Waals surface area contributed by atoms with Crippen LogP contribution in [-0.4, -0.2) is 66.2 Å². The quantitative estimate of drug-likeness (QED) is 0.398. The van der Waals surface area contributed by atoms with Crippen molar-refractivity contribution in [3.63, 3.8) is 0 Å². The first kappa shape index (κ1) is 28.0. The molecule has 2 atom stereocenters. The van der Waals surface area contributed by atoms with E-state index < -0.39 is 48.7 Å². The third kappa shape index (κ3) is 7.02. The minimum atomic E-state index is -1.28. The highest BCUT2D eigenvalue weighted by atomic mass is 16.4. The Morgan fingerprint density at radius 1 is 1.00 bits per heavy atom. The van der Waals surface area contributed by atoms with Crippen molar-refractivity contribution < 1.29 is 33.9 Å². The molecule has 0 spiro atoms. The third-order valence-corrected chi connectivity index (χ3v) is 5.82. The number of nitrogens with one attached hydrogen (secondary N) is 2. The number of fused-ring (bicyclic) bond motifs is 1. The molecule has 0 unspecified atom stereocenters. The lowest BCUT2D eigenvalue weighted by Gasteiger charge is -2.26. The number of hydrogen-bond donors (Lipinski definition) is 3. The van der Waals surface area contributed by atoms with E-state index in [4.69, 9.17) is 5.11 Å². The summed E-state index contributed by atoms with van der Waals surface area (Å²) < 4.78 is 0. The van der Waals surface area contributed by atoms with Gasteiger partial charge in [-0.2, -0.15) is 0 Å². The molecule has 3 N–H and O–H groups in total. The molecule has 2 aromatic rings. The van der Waals surface area contributed by atoms with Crippen LogP contribution in [0.4, 0.5) is 11.4 Å². The maximum Gasteiger partial charge on any atom is 0.305 e. The van der Waals surface area contributed by atoms with E-state index in [0.29, 0.717) is 17.5 Å². The Bertz CT molecular complexity index is 1210. The predicted molar refractivity (Wildman–Crippen MR) is 139 cm³/mol. The summed E-state index contributed by atoms with van der Waals surface area (Å²) in [6.45, 7) is 3.05. The lowest BCUT2D eigenvalue weighted by Crippen LogP contribution is -2.54. The first-order valence-corrected chi connectivity index (χ1v) is 12.1. The van der Waals surface area contributed by atoms with Gasteiger partial charge in [0.25, 0.3) is 11.8 Å². The van der Waals surface area contributed by atoms with Crippen molar-refractivity contribution in [2.24, 2.45) is 5.92 Å². The molecule has 0 saturated carbocycles. The molecule has 4 amide bonds. The van der Waals surface area contributed by atoms with Crippen molar-refractivity contribution in [1.82, 2.24) is 10.6 Å². The van der Waals surface area contributed by atoms with Crippen LogP contribution in [0.2, 0.25) is 0 Å². The zero-order chi connectivity index (χ0) is 27.8. The molecule has 0 aromatic heterocycles. The van der Waals surface area contributed by atoms with Crippen molar-refractivity contribution in [3.05, 3.63) is 60.2 Å². The summed E-state index contributed by atoms with van der Waals surface area (Å²) in [6.07, 6.45) is -0.120. The van der Waals surface area contributed by atoms with Gasteiger partial charge in [0.1, 0.15) is 18.9 Å². The molecule has 11 nitrogen and oxygen atoms in total. The molecular formula is C27H30N4O7. The monoisotopic (exact) mass is 522 g/mol. The summed E-state index contributed by atoms with van der Waals surface area (Å²) in [7, 11) is 0. The Hall–Kier alpha value is -4.54. The number of benzene rings is 2. The SMILES string of the molecule is CC(C)CC(=O)N1C[C@H](NC(=O)c2ccccc2)C(=O)N(CC(=O)N[C@H](C=O)CC(=O)O)c2ccccc21. The molecular weight excluding hydrogens is 492 g/mol. The fraction of sp³-hybridized carbons (Fsp3) is 0.333. The number of carboxylic acid groups (broad SMARTS) is 1. The van der Waals surface area contributed by atoms with Gasteiger partial charge in [-0.15, -0.1) is 0 Å². The predicted octanol–water partition coefficient (Wildman–Crippen LogP) is 1.37. The minimum absolute atomic E-state index is 0.0300. The molecule has 0 fully saturated rings. The molecule has 1 aliphatic rings. The molecule has 11 heteroatoms. The van der Waals surface area contributed by atoms with Gasteiger partial charge in [-0.05, 0) is 30.2 Å². The van der Waals surface area contributed by atoms with Crippen LogP contribution in [0, 0.1) is 5.92 Å². The number of hydrogen-bond acceptors (Lipinski definition) is 6. The average Bonchev–Trinajstić information content (AvgIpc) is 2.98. The van der Waals surface area contributed by atoms with Crippen LogP contribution in [0.1, 0.15) is 37.0 Å². The van der Waals surface area contributed by atoms with Gasteiger partial charge in [-0.25, -0.2) is 0 Å². The lowest BCUT2D eigenvalue weighted by molar-refractivity contribution is -0.139. The normalized spacial score (nSPS) is 15.8. The number of carbonyl (C=O) groups is 6. The molecule has 0 aliphatic carbocycles. The summed E-state index contributed by atoms with van der Waals surface area (Å²) in [6, 6.07) is 12.3. The van der Waals surface area contributed by atoms with E-state index in [9.17, 15) is 28.8 Å². The van der Waals surface area contributed by atoms with Crippen LogP contribution in [-0.2, 0) is 24.0 Å². The molecule has 0 bridgehead atoms. The van der Waals surface area contributed by atoms with Gasteiger partial charge in [-0.1, -0.05) is 44.2 Å². The molecule has 0 radical (unpaired) electrons. The van der Waals surface area contributed by atoms with Crippen molar-refractivity contribution in [1.29, 1.82) is 0 Å². The molecule has 3 rings (SSSR count). The average molecular weight is 523 g/mol. The Labute approximate surface area is 219 Å². The zero-order valence-corrected chi connectivity index (χ0v) is 21.1. The van der Waals surface area contributed by atoms with Crippen molar-refractivity contribution in [3.8, 4) is 0 Å². The largest absolute Gasteiger partial charge is 0.481 e. The number of para-hydroxylation sites is 2. The summed E-state index contributed by atoms with van der Waals surface area (Å²) in [4.78, 5) is 77.6. The molecule has 1 aliphatic heterocycles. The van der Waals surface area contributed by atoms with Crippen LogP contribution in [0.3, 0.4) is 0 Å². The van der Waals surface area contributed by atoms with Crippen molar-refractivity contribution in [2.45, 2.75) is 38.8 Å². The number of nitrogens with zero attached hydrogens (tertiary/aromatic N) is 2. The standard InChI is InChI=1S/C27H30N4O7/c1-17(2)12-24(34)30-14-20(29-26(37)18-8-4-3-5-9-18)27(38)31(22-11-7-6-10-21(22)30)15-23(33)28-19(16-32)13-25(35)36/h3-11,16-17,19-20H,12-15H2,1-2H3,(H,28,33)(H,29,37)(H,35,36)/t19-,20-/m0/s1. The number of aldehydes is 1. The summed E-state index contributed by atoms with van der Waals surface area (Å²) in [5, 5.41) is 14.0. The van der Waals surface area contributed by atoms with Gasteiger partial charge >= 0.3 is 5.97 Å². The van der Waals surface area contributed by atoms with Gasteiger partial charge in [0.2, 0.25) is 11.8 Å². The first-order chi connectivity index (χ1) is 18.1. The van der Waals surface area contributed by atoms with E-state index in [2.05, 4.69) is 10.6 Å². The summed E-state index contributed by atoms with van der Waals surface area (Å²) >= 11 is 0. The second-order valence-electron chi connectivity index (χ2n) is 9.32. The van der Waals surface area contributed by atoms with Gasteiger partial charge in [0, 0.05) is 12.0 Å². The maximum absolute atomic E-state index is 13.8. The van der Waals surface area contributed by atoms with Gasteiger partial charge in [0.05, 0.1) is 30.4 Å². The number of anilines is 2. The van der Waals surface area contributed by atoms with E-state index in [1.54, 1.807) is 54.6 Å². The number of amides is 4. The lowest BCUT2D eigenvalue weighted by atomic mass is 10.1. The highest BCUT2D eigenvalue weighted by Crippen LogP contribution is 2.33. The van der Waals surface area contributed by atoms with E-state index in [1.165, 1.54) is 4.90 Å². The topological polar surface area (TPSA) is 153 Å². The maximum atomic E-state index is 13.8. The minimum Gasteiger partial charge on any atom is -0.481 e. The summed E-state index contributed by atoms with van der Waals surface area (Å²) in [5.74, 6) is -3.45. The molecule has 0 saturated heterocycles. The Morgan fingerprint density at radius 2 is 1.63 bits per heavy atom. The number of aliphatic carboxylic acids is 1. The number of carboxylic acids is 1. The zero-order valence-electron chi connectivity index (χ0n) is 21.1. The van der Waals surface area contributed by atoms with E-state index >= 15 is 0 Å². The van der Waals surface area contributed by atoms with Crippen molar-refractivity contribution >= 4 is 47.3 Å². The molecule has 38 heavy (non-hydrogen) atoms. The fourth-order valence-corrected chi connectivity index (χ4v) is 4.10. The first-order valence-electron chi connectivity index (χ1n) is 12.1. The fourth-order valence-electron chi connectivity index (χ4n) is 4.10. The molecule has 200 valence electrons. The third-order valence-electron chi connectivity index (χ3n) is 5.82. The van der Waals surface area contributed by atoms with E-state index in [0.717, 1.165) is 4.90 Å².